The van der Waals surface area contributed by atoms with Crippen LogP contribution in [0.5, 0.6) is 5.75 Å². The molecule has 0 unspecified atom stereocenters. The molecule has 1 aliphatic heterocycles. The van der Waals surface area contributed by atoms with Crippen LogP contribution in [0, 0.1) is 0 Å². The van der Waals surface area contributed by atoms with Gasteiger partial charge in [0, 0.05) is 37.1 Å². The Labute approximate surface area is 199 Å². The summed E-state index contributed by atoms with van der Waals surface area (Å²) in [5, 5.41) is 7.23. The van der Waals surface area contributed by atoms with Crippen LogP contribution in [0.4, 0.5) is 0 Å². The van der Waals surface area contributed by atoms with Gasteiger partial charge in [-0.15, -0.1) is 24.0 Å². The molecular formula is C24H39IN4O. The molecule has 1 aromatic rings. The van der Waals surface area contributed by atoms with Gasteiger partial charge in [0.25, 0.3) is 0 Å². The molecule has 0 radical (unpaired) electrons. The average molecular weight is 527 g/mol. The minimum Gasteiger partial charge on any atom is -0.497 e. The third-order valence-corrected chi connectivity index (χ3v) is 7.06. The number of hydrogen-bond donors (Lipinski definition) is 2. The van der Waals surface area contributed by atoms with Crippen LogP contribution in [-0.4, -0.2) is 56.2 Å². The van der Waals surface area contributed by atoms with Crippen molar-refractivity contribution in [1.29, 1.82) is 0 Å². The van der Waals surface area contributed by atoms with Crippen molar-refractivity contribution in [3.05, 3.63) is 29.8 Å². The lowest BCUT2D eigenvalue weighted by Crippen LogP contribution is -2.49. The first-order chi connectivity index (χ1) is 14.2. The molecule has 30 heavy (non-hydrogen) atoms. The first-order valence-electron chi connectivity index (χ1n) is 11.7. The van der Waals surface area contributed by atoms with Gasteiger partial charge < -0.3 is 20.3 Å². The molecule has 3 fully saturated rings. The van der Waals surface area contributed by atoms with Crippen LogP contribution in [0.1, 0.15) is 63.9 Å². The summed E-state index contributed by atoms with van der Waals surface area (Å²) in [5.74, 6) is 1.94. The summed E-state index contributed by atoms with van der Waals surface area (Å²) in [4.78, 5) is 7.78. The van der Waals surface area contributed by atoms with Gasteiger partial charge in [-0.2, -0.15) is 0 Å². The zero-order chi connectivity index (χ0) is 20.1. The van der Waals surface area contributed by atoms with E-state index in [2.05, 4.69) is 40.7 Å². The molecular weight excluding hydrogens is 487 g/mol. The number of piperidine rings is 1. The number of halogens is 1. The number of likely N-dealkylation sites (tertiary alicyclic amines) is 1. The molecule has 2 saturated carbocycles. The maximum atomic E-state index is 5.49. The third kappa shape index (κ3) is 5.81. The maximum Gasteiger partial charge on any atom is 0.191 e. The second kappa shape index (κ2) is 11.0. The Hall–Kier alpha value is -1.02. The molecule has 5 nitrogen and oxygen atoms in total. The third-order valence-electron chi connectivity index (χ3n) is 7.06. The van der Waals surface area contributed by atoms with E-state index in [-0.39, 0.29) is 29.4 Å². The Morgan fingerprint density at radius 3 is 2.53 bits per heavy atom. The highest BCUT2D eigenvalue weighted by Gasteiger charge is 2.36. The van der Waals surface area contributed by atoms with Gasteiger partial charge in [0.15, 0.2) is 5.96 Å². The van der Waals surface area contributed by atoms with Crippen LogP contribution in [-0.2, 0) is 5.41 Å². The molecule has 0 amide bonds. The number of benzene rings is 1. The van der Waals surface area contributed by atoms with E-state index in [1.54, 1.807) is 7.11 Å². The highest BCUT2D eigenvalue weighted by atomic mass is 127. The number of hydrogen-bond acceptors (Lipinski definition) is 3. The Kier molecular flexibility index (Phi) is 8.69. The quantitative estimate of drug-likeness (QED) is 0.316. The topological polar surface area (TPSA) is 48.9 Å². The van der Waals surface area contributed by atoms with E-state index in [0.29, 0.717) is 6.04 Å². The molecule has 1 heterocycles. The Balaban J connectivity index is 0.00000256. The van der Waals surface area contributed by atoms with E-state index in [4.69, 9.17) is 9.73 Å². The van der Waals surface area contributed by atoms with Gasteiger partial charge in [-0.3, -0.25) is 4.99 Å². The SMILES string of the molecule is CCNC(=NCC1(c2cccc(OC)c2)CCCC1)NC1CCN(C2CC2)CC1.I. The van der Waals surface area contributed by atoms with Crippen molar-refractivity contribution < 1.29 is 4.74 Å². The Morgan fingerprint density at radius 2 is 1.90 bits per heavy atom. The number of guanidine groups is 1. The first kappa shape index (κ1) is 23.6. The van der Waals surface area contributed by atoms with Gasteiger partial charge in [0.05, 0.1) is 13.7 Å². The van der Waals surface area contributed by atoms with Crippen molar-refractivity contribution in [2.45, 2.75) is 75.8 Å². The van der Waals surface area contributed by atoms with E-state index in [9.17, 15) is 0 Å². The van der Waals surface area contributed by atoms with E-state index >= 15 is 0 Å². The minimum absolute atomic E-state index is 0. The molecule has 0 aromatic heterocycles. The normalized spacial score (nSPS) is 22.4. The molecule has 0 spiro atoms. The van der Waals surface area contributed by atoms with Crippen molar-refractivity contribution in [2.24, 2.45) is 4.99 Å². The summed E-state index contributed by atoms with van der Waals surface area (Å²) in [7, 11) is 1.75. The molecule has 4 rings (SSSR count). The predicted octanol–water partition coefficient (Wildman–Crippen LogP) is 4.31. The fraction of sp³-hybridized carbons (Fsp3) is 0.708. The second-order valence-electron chi connectivity index (χ2n) is 9.10. The largest absolute Gasteiger partial charge is 0.497 e. The van der Waals surface area contributed by atoms with Crippen LogP contribution in [0.15, 0.2) is 29.3 Å². The van der Waals surface area contributed by atoms with Crippen molar-refractivity contribution in [2.75, 3.05) is 33.3 Å². The second-order valence-corrected chi connectivity index (χ2v) is 9.10. The van der Waals surface area contributed by atoms with Crippen LogP contribution in [0.25, 0.3) is 0 Å². The number of nitrogens with one attached hydrogen (secondary N) is 2. The van der Waals surface area contributed by atoms with Gasteiger partial charge in [-0.05, 0) is 63.1 Å². The average Bonchev–Trinajstić information content (AvgIpc) is 3.50. The molecule has 0 atom stereocenters. The van der Waals surface area contributed by atoms with Crippen LogP contribution in [0.2, 0.25) is 0 Å². The van der Waals surface area contributed by atoms with Crippen molar-refractivity contribution >= 4 is 29.9 Å². The van der Waals surface area contributed by atoms with Crippen LogP contribution < -0.4 is 15.4 Å². The molecule has 2 N–H and O–H groups in total. The molecule has 2 aliphatic carbocycles. The number of ether oxygens (including phenoxy) is 1. The van der Waals surface area contributed by atoms with Gasteiger partial charge >= 0.3 is 0 Å². The van der Waals surface area contributed by atoms with Gasteiger partial charge in [-0.1, -0.05) is 25.0 Å². The summed E-state index contributed by atoms with van der Waals surface area (Å²) < 4.78 is 5.49. The maximum absolute atomic E-state index is 5.49. The Morgan fingerprint density at radius 1 is 1.17 bits per heavy atom. The van der Waals surface area contributed by atoms with Crippen LogP contribution in [0.3, 0.4) is 0 Å². The molecule has 1 saturated heterocycles. The van der Waals surface area contributed by atoms with E-state index in [1.807, 2.05) is 6.07 Å². The lowest BCUT2D eigenvalue weighted by molar-refractivity contribution is 0.197. The number of rotatable bonds is 7. The highest BCUT2D eigenvalue weighted by molar-refractivity contribution is 14.0. The first-order valence-corrected chi connectivity index (χ1v) is 11.7. The van der Waals surface area contributed by atoms with Crippen LogP contribution >= 0.6 is 24.0 Å². The standard InChI is InChI=1S/C24H38N4O.HI/c1-3-25-23(27-20-11-15-28(16-12-20)21-9-10-21)26-18-24(13-4-5-14-24)19-7-6-8-22(17-19)29-2;/h6-8,17,20-21H,3-5,9-16,18H2,1-2H3,(H2,25,26,27);1H. The molecule has 168 valence electrons. The number of methoxy groups -OCH3 is 1. The predicted molar refractivity (Wildman–Crippen MR) is 135 cm³/mol. The summed E-state index contributed by atoms with van der Waals surface area (Å²) in [6.45, 7) is 6.36. The summed E-state index contributed by atoms with van der Waals surface area (Å²) >= 11 is 0. The Bertz CT molecular complexity index is 692. The highest BCUT2D eigenvalue weighted by Crippen LogP contribution is 2.42. The lowest BCUT2D eigenvalue weighted by Gasteiger charge is -2.33. The zero-order valence-corrected chi connectivity index (χ0v) is 21.0. The smallest absolute Gasteiger partial charge is 0.191 e. The van der Waals surface area contributed by atoms with Crippen molar-refractivity contribution in [3.8, 4) is 5.75 Å². The summed E-state index contributed by atoms with van der Waals surface area (Å²) in [5.41, 5.74) is 1.53. The van der Waals surface area contributed by atoms with Gasteiger partial charge in [0.1, 0.15) is 5.75 Å². The molecule has 1 aromatic carbocycles. The zero-order valence-electron chi connectivity index (χ0n) is 18.7. The molecule has 3 aliphatic rings. The monoisotopic (exact) mass is 526 g/mol. The van der Waals surface area contributed by atoms with Crippen molar-refractivity contribution in [3.63, 3.8) is 0 Å². The van der Waals surface area contributed by atoms with E-state index < -0.39 is 0 Å². The lowest BCUT2D eigenvalue weighted by atomic mass is 9.79. The minimum atomic E-state index is 0. The number of aliphatic imine (C=N–C) groups is 1. The van der Waals surface area contributed by atoms with Gasteiger partial charge in [-0.25, -0.2) is 0 Å². The van der Waals surface area contributed by atoms with E-state index in [1.165, 1.54) is 70.0 Å². The fourth-order valence-corrected chi connectivity index (χ4v) is 5.14. The molecule has 6 heteroatoms. The van der Waals surface area contributed by atoms with Crippen molar-refractivity contribution in [1.82, 2.24) is 15.5 Å². The van der Waals surface area contributed by atoms with Gasteiger partial charge in [0.2, 0.25) is 0 Å². The number of nitrogens with zero attached hydrogens (tertiary/aromatic N) is 2. The summed E-state index contributed by atoms with van der Waals surface area (Å²) in [6, 6.07) is 10.1. The molecule has 0 bridgehead atoms. The van der Waals surface area contributed by atoms with E-state index in [0.717, 1.165) is 30.8 Å². The summed E-state index contributed by atoms with van der Waals surface area (Å²) in [6.07, 6.45) is 10.3. The fourth-order valence-electron chi connectivity index (χ4n) is 5.14.